The molecular weight excluding hydrogens is 302 g/mol. The van der Waals surface area contributed by atoms with E-state index < -0.39 is 0 Å². The van der Waals surface area contributed by atoms with Gasteiger partial charge in [0.05, 0.1) is 0 Å². The van der Waals surface area contributed by atoms with Crippen molar-refractivity contribution in [1.82, 2.24) is 10.1 Å². The Morgan fingerprint density at radius 3 is 3.00 bits per heavy atom. The number of benzene rings is 1. The SMILES string of the molecule is CC1CC(CN)CN1C(=O)c1cc(-c2cccc(Cl)c2)no1. The van der Waals surface area contributed by atoms with Crippen molar-refractivity contribution in [3.05, 3.63) is 41.1 Å². The van der Waals surface area contributed by atoms with Crippen molar-refractivity contribution in [3.8, 4) is 11.3 Å². The number of amides is 1. The Balaban J connectivity index is 1.80. The summed E-state index contributed by atoms with van der Waals surface area (Å²) in [7, 11) is 0. The van der Waals surface area contributed by atoms with Crippen LogP contribution in [0.25, 0.3) is 11.3 Å². The molecule has 0 saturated carbocycles. The molecule has 1 aliphatic rings. The molecule has 116 valence electrons. The molecule has 2 unspecified atom stereocenters. The number of halogens is 1. The van der Waals surface area contributed by atoms with Gasteiger partial charge in [-0.15, -0.1) is 0 Å². The zero-order valence-corrected chi connectivity index (χ0v) is 13.1. The normalized spacial score (nSPS) is 21.3. The van der Waals surface area contributed by atoms with Crippen LogP contribution in [0.2, 0.25) is 5.02 Å². The van der Waals surface area contributed by atoms with E-state index in [0.29, 0.717) is 29.7 Å². The largest absolute Gasteiger partial charge is 0.350 e. The summed E-state index contributed by atoms with van der Waals surface area (Å²) in [5, 5.41) is 4.60. The monoisotopic (exact) mass is 319 g/mol. The molecule has 5 nitrogen and oxygen atoms in total. The van der Waals surface area contributed by atoms with Crippen molar-refractivity contribution in [3.63, 3.8) is 0 Å². The molecule has 1 amide bonds. The Bertz CT molecular complexity index is 686. The molecule has 6 heteroatoms. The second kappa shape index (κ2) is 6.10. The van der Waals surface area contributed by atoms with Gasteiger partial charge in [-0.2, -0.15) is 0 Å². The summed E-state index contributed by atoms with van der Waals surface area (Å²) in [5.74, 6) is 0.470. The first kappa shape index (κ1) is 15.1. The summed E-state index contributed by atoms with van der Waals surface area (Å²) in [6, 6.07) is 9.12. The van der Waals surface area contributed by atoms with Crippen LogP contribution in [0.5, 0.6) is 0 Å². The number of aromatic nitrogens is 1. The fraction of sp³-hybridized carbons (Fsp3) is 0.375. The Morgan fingerprint density at radius 1 is 1.50 bits per heavy atom. The van der Waals surface area contributed by atoms with Gasteiger partial charge in [-0.3, -0.25) is 4.79 Å². The van der Waals surface area contributed by atoms with Gasteiger partial charge in [0.15, 0.2) is 0 Å². The molecule has 2 N–H and O–H groups in total. The quantitative estimate of drug-likeness (QED) is 0.944. The van der Waals surface area contributed by atoms with E-state index in [4.69, 9.17) is 21.9 Å². The average molecular weight is 320 g/mol. The smallest absolute Gasteiger partial charge is 0.292 e. The number of hydrogen-bond donors (Lipinski definition) is 1. The van der Waals surface area contributed by atoms with Crippen molar-refractivity contribution in [2.45, 2.75) is 19.4 Å². The molecule has 0 radical (unpaired) electrons. The first-order valence-corrected chi connectivity index (χ1v) is 7.70. The molecule has 0 aliphatic carbocycles. The highest BCUT2D eigenvalue weighted by Gasteiger charge is 2.33. The minimum atomic E-state index is -0.135. The summed E-state index contributed by atoms with van der Waals surface area (Å²) < 4.78 is 5.23. The van der Waals surface area contributed by atoms with Crippen molar-refractivity contribution in [2.75, 3.05) is 13.1 Å². The maximum absolute atomic E-state index is 12.6. The number of carbonyl (C=O) groups is 1. The van der Waals surface area contributed by atoms with E-state index >= 15 is 0 Å². The number of carbonyl (C=O) groups excluding carboxylic acids is 1. The van der Waals surface area contributed by atoms with Gasteiger partial charge in [-0.1, -0.05) is 28.9 Å². The molecule has 1 fully saturated rings. The fourth-order valence-electron chi connectivity index (χ4n) is 2.90. The van der Waals surface area contributed by atoms with Crippen LogP contribution in [0.4, 0.5) is 0 Å². The van der Waals surface area contributed by atoms with Crippen LogP contribution in [-0.2, 0) is 0 Å². The lowest BCUT2D eigenvalue weighted by Crippen LogP contribution is -2.34. The highest BCUT2D eigenvalue weighted by atomic mass is 35.5. The van der Waals surface area contributed by atoms with Crippen LogP contribution in [-0.4, -0.2) is 35.1 Å². The molecule has 1 aromatic heterocycles. The topological polar surface area (TPSA) is 72.4 Å². The third-order valence-corrected chi connectivity index (χ3v) is 4.33. The van der Waals surface area contributed by atoms with E-state index in [9.17, 15) is 4.79 Å². The fourth-order valence-corrected chi connectivity index (χ4v) is 3.09. The van der Waals surface area contributed by atoms with Crippen LogP contribution in [0.3, 0.4) is 0 Å². The van der Waals surface area contributed by atoms with Crippen LogP contribution < -0.4 is 5.73 Å². The standard InChI is InChI=1S/C16H18ClN3O2/c1-10-5-11(8-18)9-20(10)16(21)15-7-14(19-22-15)12-3-2-4-13(17)6-12/h2-4,6-7,10-11H,5,8-9,18H2,1H3. The lowest BCUT2D eigenvalue weighted by molar-refractivity contribution is 0.0701. The van der Waals surface area contributed by atoms with Gasteiger partial charge in [-0.25, -0.2) is 0 Å². The van der Waals surface area contributed by atoms with Crippen molar-refractivity contribution >= 4 is 17.5 Å². The summed E-state index contributed by atoms with van der Waals surface area (Å²) in [6.07, 6.45) is 0.928. The molecule has 0 spiro atoms. The maximum Gasteiger partial charge on any atom is 0.292 e. The zero-order chi connectivity index (χ0) is 15.7. The number of nitrogens with two attached hydrogens (primary N) is 1. The van der Waals surface area contributed by atoms with Gasteiger partial charge in [0, 0.05) is 29.2 Å². The predicted octanol–water partition coefficient (Wildman–Crippen LogP) is 2.80. The van der Waals surface area contributed by atoms with Gasteiger partial charge in [0.25, 0.3) is 5.91 Å². The first-order valence-electron chi connectivity index (χ1n) is 7.32. The number of rotatable bonds is 3. The molecule has 1 aromatic carbocycles. The van der Waals surface area contributed by atoms with Crippen molar-refractivity contribution < 1.29 is 9.32 Å². The number of nitrogens with zero attached hydrogens (tertiary/aromatic N) is 2. The van der Waals surface area contributed by atoms with E-state index in [0.717, 1.165) is 12.0 Å². The molecular formula is C16H18ClN3O2. The Morgan fingerprint density at radius 2 is 2.32 bits per heavy atom. The van der Waals surface area contributed by atoms with Crippen LogP contribution in [0.15, 0.2) is 34.9 Å². The average Bonchev–Trinajstić information content (AvgIpc) is 3.13. The third-order valence-electron chi connectivity index (χ3n) is 4.10. The Labute approximate surface area is 134 Å². The van der Waals surface area contributed by atoms with E-state index in [2.05, 4.69) is 5.16 Å². The summed E-state index contributed by atoms with van der Waals surface area (Å²) in [6.45, 7) is 3.30. The van der Waals surface area contributed by atoms with Crippen LogP contribution in [0.1, 0.15) is 23.9 Å². The van der Waals surface area contributed by atoms with Crippen LogP contribution >= 0.6 is 11.6 Å². The van der Waals surface area contributed by atoms with Crippen molar-refractivity contribution in [2.24, 2.45) is 11.7 Å². The molecule has 3 rings (SSSR count). The third kappa shape index (κ3) is 2.87. The molecule has 1 aliphatic heterocycles. The lowest BCUT2D eigenvalue weighted by atomic mass is 10.1. The van der Waals surface area contributed by atoms with E-state index in [1.165, 1.54) is 0 Å². The van der Waals surface area contributed by atoms with Crippen LogP contribution in [0, 0.1) is 5.92 Å². The van der Waals surface area contributed by atoms with Gasteiger partial charge >= 0.3 is 0 Å². The predicted molar refractivity (Wildman–Crippen MR) is 84.6 cm³/mol. The minimum absolute atomic E-state index is 0.135. The van der Waals surface area contributed by atoms with E-state index in [-0.39, 0.29) is 17.7 Å². The van der Waals surface area contributed by atoms with Gasteiger partial charge in [-0.05, 0) is 37.9 Å². The molecule has 2 atom stereocenters. The Hall–Kier alpha value is -1.85. The lowest BCUT2D eigenvalue weighted by Gasteiger charge is -2.19. The van der Waals surface area contributed by atoms with Gasteiger partial charge in [0.1, 0.15) is 5.69 Å². The second-order valence-corrected chi connectivity index (χ2v) is 6.17. The highest BCUT2D eigenvalue weighted by Crippen LogP contribution is 2.26. The number of likely N-dealkylation sites (tertiary alicyclic amines) is 1. The van der Waals surface area contributed by atoms with E-state index in [1.54, 1.807) is 23.1 Å². The summed E-state index contributed by atoms with van der Waals surface area (Å²) in [5.41, 5.74) is 7.13. The Kier molecular flexibility index (Phi) is 4.18. The summed E-state index contributed by atoms with van der Waals surface area (Å²) >= 11 is 5.97. The first-order chi connectivity index (χ1) is 10.6. The highest BCUT2D eigenvalue weighted by molar-refractivity contribution is 6.30. The molecule has 22 heavy (non-hydrogen) atoms. The minimum Gasteiger partial charge on any atom is -0.350 e. The van der Waals surface area contributed by atoms with E-state index in [1.807, 2.05) is 19.1 Å². The second-order valence-electron chi connectivity index (χ2n) is 5.73. The van der Waals surface area contributed by atoms with Gasteiger partial charge in [0.2, 0.25) is 5.76 Å². The zero-order valence-electron chi connectivity index (χ0n) is 12.3. The molecule has 0 bridgehead atoms. The number of hydrogen-bond acceptors (Lipinski definition) is 4. The molecule has 1 saturated heterocycles. The van der Waals surface area contributed by atoms with Gasteiger partial charge < -0.3 is 15.2 Å². The van der Waals surface area contributed by atoms with Crippen molar-refractivity contribution in [1.29, 1.82) is 0 Å². The molecule has 2 heterocycles. The molecule has 2 aromatic rings. The summed E-state index contributed by atoms with van der Waals surface area (Å²) in [4.78, 5) is 14.4. The maximum atomic E-state index is 12.6.